The number of hydrogen-bond acceptors (Lipinski definition) is 4. The third-order valence-corrected chi connectivity index (χ3v) is 5.44. The van der Waals surface area contributed by atoms with Crippen LogP contribution in [0.2, 0.25) is 0 Å². The van der Waals surface area contributed by atoms with E-state index in [4.69, 9.17) is 18.9 Å². The summed E-state index contributed by atoms with van der Waals surface area (Å²) in [6.45, 7) is 6.94. The van der Waals surface area contributed by atoms with Gasteiger partial charge in [0.25, 0.3) is 0 Å². The van der Waals surface area contributed by atoms with Gasteiger partial charge in [-0.15, -0.1) is 0 Å². The van der Waals surface area contributed by atoms with Crippen LogP contribution in [0.5, 0.6) is 5.75 Å². The van der Waals surface area contributed by atoms with Crippen molar-refractivity contribution in [3.8, 4) is 5.75 Å². The summed E-state index contributed by atoms with van der Waals surface area (Å²) in [5, 5.41) is 0. The van der Waals surface area contributed by atoms with Gasteiger partial charge in [0, 0.05) is 17.5 Å². The van der Waals surface area contributed by atoms with Gasteiger partial charge in [-0.05, 0) is 31.2 Å². The molecule has 0 atom stereocenters. The molecular formula is C16H25O4S+. The van der Waals surface area contributed by atoms with E-state index < -0.39 is 0 Å². The molecule has 0 bridgehead atoms. The Hall–Kier alpha value is -0.750. The van der Waals surface area contributed by atoms with Crippen LogP contribution in [0, 0.1) is 0 Å². The van der Waals surface area contributed by atoms with E-state index in [2.05, 4.69) is 24.3 Å². The fourth-order valence-electron chi connectivity index (χ4n) is 2.07. The molecule has 1 fully saturated rings. The van der Waals surface area contributed by atoms with E-state index in [0.717, 1.165) is 37.1 Å². The first-order valence-corrected chi connectivity index (χ1v) is 9.10. The zero-order valence-corrected chi connectivity index (χ0v) is 13.5. The minimum absolute atomic E-state index is 0.352. The van der Waals surface area contributed by atoms with Crippen molar-refractivity contribution in [2.75, 3.05) is 57.8 Å². The maximum absolute atomic E-state index is 5.67. The number of rotatable bonds is 9. The predicted octanol–water partition coefficient (Wildman–Crippen LogP) is 2.13. The SMILES string of the molecule is CCOCCOCCOc1ccc([S+]2CCOCC2)cc1. The monoisotopic (exact) mass is 313 g/mol. The lowest BCUT2D eigenvalue weighted by Gasteiger charge is -2.14. The molecule has 2 rings (SSSR count). The number of ether oxygens (including phenoxy) is 4. The summed E-state index contributed by atoms with van der Waals surface area (Å²) in [6.07, 6.45) is 0. The normalized spacial score (nSPS) is 16.0. The van der Waals surface area contributed by atoms with Crippen LogP contribution >= 0.6 is 0 Å². The third-order valence-electron chi connectivity index (χ3n) is 3.18. The summed E-state index contributed by atoms with van der Waals surface area (Å²) in [5.74, 6) is 3.20. The van der Waals surface area contributed by atoms with Crippen molar-refractivity contribution in [1.82, 2.24) is 0 Å². The fraction of sp³-hybridized carbons (Fsp3) is 0.625. The van der Waals surface area contributed by atoms with E-state index in [1.807, 2.05) is 6.92 Å². The summed E-state index contributed by atoms with van der Waals surface area (Å²) in [6, 6.07) is 8.47. The van der Waals surface area contributed by atoms with Crippen LogP contribution in [0.25, 0.3) is 0 Å². The molecule has 1 aliphatic heterocycles. The van der Waals surface area contributed by atoms with Gasteiger partial charge in [-0.25, -0.2) is 0 Å². The van der Waals surface area contributed by atoms with Crippen molar-refractivity contribution in [2.45, 2.75) is 11.8 Å². The molecule has 0 unspecified atom stereocenters. The standard InChI is InChI=1S/C16H25O4S/c1-2-17-7-8-18-9-10-20-15-3-5-16(6-4-15)21-13-11-19-12-14-21/h3-6H,2,7-14H2,1H3/q+1. The van der Waals surface area contributed by atoms with Crippen molar-refractivity contribution in [2.24, 2.45) is 0 Å². The second kappa shape index (κ2) is 10.1. The minimum Gasteiger partial charge on any atom is -0.491 e. The molecular weight excluding hydrogens is 288 g/mol. The first-order valence-electron chi connectivity index (χ1n) is 7.53. The molecule has 118 valence electrons. The Bertz CT molecular complexity index is 376. The Balaban J connectivity index is 1.63. The Morgan fingerprint density at radius 3 is 2.33 bits per heavy atom. The molecule has 0 aromatic heterocycles. The van der Waals surface area contributed by atoms with E-state index in [9.17, 15) is 0 Å². The smallest absolute Gasteiger partial charge is 0.155 e. The van der Waals surface area contributed by atoms with Gasteiger partial charge < -0.3 is 18.9 Å². The second-order valence-electron chi connectivity index (χ2n) is 4.64. The van der Waals surface area contributed by atoms with Crippen molar-refractivity contribution in [3.05, 3.63) is 24.3 Å². The highest BCUT2D eigenvalue weighted by atomic mass is 32.2. The molecule has 0 N–H and O–H groups in total. The topological polar surface area (TPSA) is 36.9 Å². The van der Waals surface area contributed by atoms with Gasteiger partial charge in [0.15, 0.2) is 4.90 Å². The van der Waals surface area contributed by atoms with Crippen LogP contribution in [0.1, 0.15) is 6.92 Å². The van der Waals surface area contributed by atoms with Gasteiger partial charge in [-0.3, -0.25) is 0 Å². The lowest BCUT2D eigenvalue weighted by Crippen LogP contribution is -2.26. The molecule has 0 amide bonds. The number of benzene rings is 1. The van der Waals surface area contributed by atoms with Gasteiger partial charge in [0.05, 0.1) is 33.0 Å². The number of hydrogen-bond donors (Lipinski definition) is 0. The highest BCUT2D eigenvalue weighted by Gasteiger charge is 2.24. The van der Waals surface area contributed by atoms with Crippen molar-refractivity contribution >= 4 is 10.9 Å². The van der Waals surface area contributed by atoms with Crippen LogP contribution in [-0.2, 0) is 25.1 Å². The first-order chi connectivity index (χ1) is 10.4. The predicted molar refractivity (Wildman–Crippen MR) is 85.4 cm³/mol. The minimum atomic E-state index is 0.352. The van der Waals surface area contributed by atoms with Gasteiger partial charge in [-0.2, -0.15) is 0 Å². The van der Waals surface area contributed by atoms with E-state index in [1.165, 1.54) is 4.90 Å². The van der Waals surface area contributed by atoms with Gasteiger partial charge in [-0.1, -0.05) is 0 Å². The first kappa shape index (κ1) is 16.6. The van der Waals surface area contributed by atoms with Crippen LogP contribution in [0.4, 0.5) is 0 Å². The molecule has 0 spiro atoms. The Morgan fingerprint density at radius 1 is 0.952 bits per heavy atom. The quantitative estimate of drug-likeness (QED) is 0.517. The molecule has 1 aromatic rings. The molecule has 21 heavy (non-hydrogen) atoms. The van der Waals surface area contributed by atoms with Gasteiger partial charge in [0.1, 0.15) is 23.9 Å². The van der Waals surface area contributed by atoms with Crippen molar-refractivity contribution in [1.29, 1.82) is 0 Å². The molecule has 0 saturated carbocycles. The average Bonchev–Trinajstić information content (AvgIpc) is 2.55. The third kappa shape index (κ3) is 6.26. The average molecular weight is 313 g/mol. The molecule has 0 aliphatic carbocycles. The van der Waals surface area contributed by atoms with Crippen molar-refractivity contribution < 1.29 is 18.9 Å². The summed E-state index contributed by atoms with van der Waals surface area (Å²) < 4.78 is 21.7. The molecule has 4 nitrogen and oxygen atoms in total. The molecule has 1 aromatic carbocycles. The van der Waals surface area contributed by atoms with Gasteiger partial charge in [0.2, 0.25) is 0 Å². The van der Waals surface area contributed by atoms with Crippen LogP contribution in [-0.4, -0.2) is 57.8 Å². The van der Waals surface area contributed by atoms with Gasteiger partial charge >= 0.3 is 0 Å². The Morgan fingerprint density at radius 2 is 1.62 bits per heavy atom. The van der Waals surface area contributed by atoms with E-state index in [1.54, 1.807) is 0 Å². The zero-order valence-electron chi connectivity index (χ0n) is 12.7. The van der Waals surface area contributed by atoms with Crippen molar-refractivity contribution in [3.63, 3.8) is 0 Å². The maximum atomic E-state index is 5.67. The molecule has 1 heterocycles. The maximum Gasteiger partial charge on any atom is 0.155 e. The molecule has 1 saturated heterocycles. The lowest BCUT2D eigenvalue weighted by molar-refractivity contribution is 0.0405. The fourth-order valence-corrected chi connectivity index (χ4v) is 3.90. The summed E-state index contributed by atoms with van der Waals surface area (Å²) >= 11 is 0. The summed E-state index contributed by atoms with van der Waals surface area (Å²) in [5.41, 5.74) is 0. The van der Waals surface area contributed by atoms with E-state index >= 15 is 0 Å². The Kier molecular flexibility index (Phi) is 7.96. The highest BCUT2D eigenvalue weighted by Crippen LogP contribution is 2.20. The largest absolute Gasteiger partial charge is 0.491 e. The highest BCUT2D eigenvalue weighted by molar-refractivity contribution is 7.97. The van der Waals surface area contributed by atoms with E-state index in [0.29, 0.717) is 37.3 Å². The summed E-state index contributed by atoms with van der Waals surface area (Å²) in [4.78, 5) is 1.42. The lowest BCUT2D eigenvalue weighted by atomic mass is 10.3. The van der Waals surface area contributed by atoms with Crippen LogP contribution < -0.4 is 4.74 Å². The van der Waals surface area contributed by atoms with E-state index in [-0.39, 0.29) is 0 Å². The second-order valence-corrected chi connectivity index (χ2v) is 6.92. The zero-order chi connectivity index (χ0) is 14.8. The summed E-state index contributed by atoms with van der Waals surface area (Å²) in [7, 11) is 0.352. The molecule has 0 radical (unpaired) electrons. The molecule has 1 aliphatic rings. The van der Waals surface area contributed by atoms with Crippen LogP contribution in [0.3, 0.4) is 0 Å². The van der Waals surface area contributed by atoms with Crippen LogP contribution in [0.15, 0.2) is 29.2 Å². The molecule has 5 heteroatoms. The Labute approximate surface area is 130 Å².